The first-order chi connectivity index (χ1) is 10.1. The number of aromatic amines is 1. The van der Waals surface area contributed by atoms with Crippen molar-refractivity contribution < 1.29 is 4.92 Å². The first-order valence-electron chi connectivity index (χ1n) is 6.37. The molecule has 1 N–H and O–H groups in total. The van der Waals surface area contributed by atoms with E-state index in [-0.39, 0.29) is 5.69 Å². The number of non-ortho nitro benzene ring substituents is 1. The largest absolute Gasteiger partial charge is 0.342 e. The zero-order chi connectivity index (χ0) is 14.8. The molecule has 3 rings (SSSR count). The number of aromatic nitrogens is 3. The Bertz CT molecular complexity index is 779. The molecule has 0 fully saturated rings. The second-order valence-corrected chi connectivity index (χ2v) is 4.60. The zero-order valence-corrected chi connectivity index (χ0v) is 11.3. The highest BCUT2D eigenvalue weighted by molar-refractivity contribution is 5.67. The molecule has 0 aliphatic heterocycles. The molecule has 1 aromatic carbocycles. The first-order valence-corrected chi connectivity index (χ1v) is 6.37. The summed E-state index contributed by atoms with van der Waals surface area (Å²) in [5.74, 6) is 0.689. The van der Waals surface area contributed by atoms with E-state index in [1.807, 2.05) is 19.1 Å². The zero-order valence-electron chi connectivity index (χ0n) is 11.3. The van der Waals surface area contributed by atoms with Gasteiger partial charge in [0.15, 0.2) is 0 Å². The lowest BCUT2D eigenvalue weighted by atomic mass is 10.2. The molecule has 2 heterocycles. The van der Waals surface area contributed by atoms with Crippen molar-refractivity contribution in [3.05, 3.63) is 64.6 Å². The fourth-order valence-electron chi connectivity index (χ4n) is 2.13. The number of nitrogens with one attached hydrogen (secondary N) is 1. The number of aryl methyl sites for hydroxylation is 1. The van der Waals surface area contributed by atoms with E-state index in [9.17, 15) is 10.1 Å². The monoisotopic (exact) mass is 280 g/mol. The summed E-state index contributed by atoms with van der Waals surface area (Å²) in [6.45, 7) is 1.94. The Balaban J connectivity index is 1.99. The number of benzene rings is 1. The molecule has 21 heavy (non-hydrogen) atoms. The quantitative estimate of drug-likeness (QED) is 0.589. The number of hydrogen-bond donors (Lipinski definition) is 1. The van der Waals surface area contributed by atoms with Crippen LogP contribution in [0.2, 0.25) is 0 Å². The molecule has 6 heteroatoms. The maximum absolute atomic E-state index is 10.7. The fraction of sp³-hybridized carbons (Fsp3) is 0.0667. The van der Waals surface area contributed by atoms with E-state index in [1.165, 1.54) is 12.1 Å². The molecule has 0 radical (unpaired) electrons. The van der Waals surface area contributed by atoms with Crippen LogP contribution < -0.4 is 0 Å². The maximum Gasteiger partial charge on any atom is 0.269 e. The van der Waals surface area contributed by atoms with Crippen LogP contribution in [0.25, 0.3) is 22.6 Å². The number of nitro benzene ring substituents is 1. The van der Waals surface area contributed by atoms with Gasteiger partial charge in [0.2, 0.25) is 0 Å². The molecule has 0 spiro atoms. The van der Waals surface area contributed by atoms with Crippen molar-refractivity contribution >= 4 is 5.69 Å². The molecule has 0 atom stereocenters. The Morgan fingerprint density at radius 3 is 2.33 bits per heavy atom. The van der Waals surface area contributed by atoms with Gasteiger partial charge in [-0.3, -0.25) is 15.1 Å². The second kappa shape index (κ2) is 5.16. The van der Waals surface area contributed by atoms with Crippen molar-refractivity contribution in [1.29, 1.82) is 0 Å². The fourth-order valence-corrected chi connectivity index (χ4v) is 2.13. The smallest absolute Gasteiger partial charge is 0.269 e. The average Bonchev–Trinajstić information content (AvgIpc) is 2.90. The molecule has 104 valence electrons. The van der Waals surface area contributed by atoms with E-state index < -0.39 is 4.92 Å². The highest BCUT2D eigenvalue weighted by atomic mass is 16.6. The predicted octanol–water partition coefficient (Wildman–Crippen LogP) is 3.36. The number of rotatable bonds is 3. The third-order valence-electron chi connectivity index (χ3n) is 3.19. The van der Waals surface area contributed by atoms with Crippen LogP contribution in [0.5, 0.6) is 0 Å². The van der Waals surface area contributed by atoms with Gasteiger partial charge in [-0.05, 0) is 31.2 Å². The van der Waals surface area contributed by atoms with E-state index in [4.69, 9.17) is 0 Å². The minimum Gasteiger partial charge on any atom is -0.342 e. The Hall–Kier alpha value is -3.02. The number of nitrogens with zero attached hydrogens (tertiary/aromatic N) is 3. The van der Waals surface area contributed by atoms with Crippen molar-refractivity contribution in [2.75, 3.05) is 0 Å². The van der Waals surface area contributed by atoms with Crippen LogP contribution in [0.1, 0.15) is 5.69 Å². The predicted molar refractivity (Wildman–Crippen MR) is 78.6 cm³/mol. The van der Waals surface area contributed by atoms with Crippen LogP contribution in [-0.4, -0.2) is 19.9 Å². The van der Waals surface area contributed by atoms with Gasteiger partial charge in [0.1, 0.15) is 5.82 Å². The Kier molecular flexibility index (Phi) is 3.19. The third kappa shape index (κ3) is 2.51. The van der Waals surface area contributed by atoms with Crippen molar-refractivity contribution in [3.8, 4) is 22.6 Å². The Morgan fingerprint density at radius 2 is 1.71 bits per heavy atom. The van der Waals surface area contributed by atoms with Gasteiger partial charge < -0.3 is 4.98 Å². The van der Waals surface area contributed by atoms with Gasteiger partial charge in [-0.1, -0.05) is 0 Å². The van der Waals surface area contributed by atoms with Gasteiger partial charge in [0.05, 0.1) is 10.6 Å². The van der Waals surface area contributed by atoms with Crippen LogP contribution >= 0.6 is 0 Å². The molecule has 0 aliphatic carbocycles. The maximum atomic E-state index is 10.7. The SMILES string of the molecule is Cc1[nH]c(-c2ccc([N+](=O)[O-])cc2)nc1-c1ccncc1. The van der Waals surface area contributed by atoms with Crippen molar-refractivity contribution in [1.82, 2.24) is 15.0 Å². The van der Waals surface area contributed by atoms with Crippen LogP contribution in [0.3, 0.4) is 0 Å². The van der Waals surface area contributed by atoms with E-state index in [0.717, 1.165) is 22.5 Å². The third-order valence-corrected chi connectivity index (χ3v) is 3.19. The van der Waals surface area contributed by atoms with Gasteiger partial charge in [-0.15, -0.1) is 0 Å². The van der Waals surface area contributed by atoms with Crippen molar-refractivity contribution in [2.45, 2.75) is 6.92 Å². The summed E-state index contributed by atoms with van der Waals surface area (Å²) in [5.41, 5.74) is 3.65. The van der Waals surface area contributed by atoms with Crippen LogP contribution in [0.4, 0.5) is 5.69 Å². The summed E-state index contributed by atoms with van der Waals surface area (Å²) in [7, 11) is 0. The molecule has 0 bridgehead atoms. The lowest BCUT2D eigenvalue weighted by Gasteiger charge is -1.97. The summed E-state index contributed by atoms with van der Waals surface area (Å²) in [6, 6.07) is 10.1. The molecule has 6 nitrogen and oxygen atoms in total. The number of hydrogen-bond acceptors (Lipinski definition) is 4. The van der Waals surface area contributed by atoms with Gasteiger partial charge in [-0.2, -0.15) is 0 Å². The summed E-state index contributed by atoms with van der Waals surface area (Å²) in [5, 5.41) is 10.7. The summed E-state index contributed by atoms with van der Waals surface area (Å²) in [6.07, 6.45) is 3.43. The van der Waals surface area contributed by atoms with Gasteiger partial charge in [0.25, 0.3) is 5.69 Å². The standard InChI is InChI=1S/C15H12N4O2/c1-10-14(11-6-8-16-9-7-11)18-15(17-10)12-2-4-13(5-3-12)19(20)21/h2-9H,1H3,(H,17,18). The van der Waals surface area contributed by atoms with Crippen LogP contribution in [-0.2, 0) is 0 Å². The van der Waals surface area contributed by atoms with E-state index in [1.54, 1.807) is 24.5 Å². The molecular weight excluding hydrogens is 268 g/mol. The summed E-state index contributed by atoms with van der Waals surface area (Å²) < 4.78 is 0. The first kappa shape index (κ1) is 13.0. The van der Waals surface area contributed by atoms with E-state index >= 15 is 0 Å². The lowest BCUT2D eigenvalue weighted by molar-refractivity contribution is -0.384. The van der Waals surface area contributed by atoms with Gasteiger partial charge in [0, 0.05) is 41.3 Å². The highest BCUT2D eigenvalue weighted by Gasteiger charge is 2.11. The molecule has 0 aliphatic rings. The number of nitro groups is 1. The molecule has 0 saturated heterocycles. The van der Waals surface area contributed by atoms with Crippen molar-refractivity contribution in [2.24, 2.45) is 0 Å². The Morgan fingerprint density at radius 1 is 1.05 bits per heavy atom. The molecule has 0 saturated carbocycles. The molecule has 3 aromatic rings. The van der Waals surface area contributed by atoms with Crippen LogP contribution in [0, 0.1) is 17.0 Å². The minimum atomic E-state index is -0.417. The van der Waals surface area contributed by atoms with E-state index in [0.29, 0.717) is 5.82 Å². The lowest BCUT2D eigenvalue weighted by Crippen LogP contribution is -1.87. The summed E-state index contributed by atoms with van der Waals surface area (Å²) >= 11 is 0. The van der Waals surface area contributed by atoms with E-state index in [2.05, 4.69) is 15.0 Å². The normalized spacial score (nSPS) is 10.5. The summed E-state index contributed by atoms with van der Waals surface area (Å²) in [4.78, 5) is 22.0. The van der Waals surface area contributed by atoms with Crippen molar-refractivity contribution in [3.63, 3.8) is 0 Å². The number of H-pyrrole nitrogens is 1. The number of imidazole rings is 1. The topological polar surface area (TPSA) is 84.7 Å². The van der Waals surface area contributed by atoms with Crippen LogP contribution in [0.15, 0.2) is 48.8 Å². The molecule has 0 unspecified atom stereocenters. The minimum absolute atomic E-state index is 0.0661. The average molecular weight is 280 g/mol. The molecule has 0 amide bonds. The number of pyridine rings is 1. The molecular formula is C15H12N4O2. The second-order valence-electron chi connectivity index (χ2n) is 4.60. The Labute approximate surface area is 120 Å². The highest BCUT2D eigenvalue weighted by Crippen LogP contribution is 2.26. The molecule has 2 aromatic heterocycles. The van der Waals surface area contributed by atoms with Gasteiger partial charge >= 0.3 is 0 Å². The van der Waals surface area contributed by atoms with Gasteiger partial charge in [-0.25, -0.2) is 4.98 Å².